The van der Waals surface area contributed by atoms with E-state index in [-0.39, 0.29) is 18.2 Å². The van der Waals surface area contributed by atoms with Crippen LogP contribution in [0.4, 0.5) is 0 Å². The molecule has 4 aliphatic rings. The van der Waals surface area contributed by atoms with Gasteiger partial charge in [-0.25, -0.2) is 0 Å². The predicted molar refractivity (Wildman–Crippen MR) is 108 cm³/mol. The molecule has 0 aromatic heterocycles. The van der Waals surface area contributed by atoms with Gasteiger partial charge in [0.05, 0.1) is 24.6 Å². The van der Waals surface area contributed by atoms with E-state index in [1.54, 1.807) is 26.0 Å². The summed E-state index contributed by atoms with van der Waals surface area (Å²) in [6.07, 6.45) is 0.277. The number of nitrogens with zero attached hydrogens (tertiary/aromatic N) is 3. The summed E-state index contributed by atoms with van der Waals surface area (Å²) >= 11 is 3.48. The number of fused-ring (bicyclic) bond motifs is 2. The van der Waals surface area contributed by atoms with Gasteiger partial charge in [0.1, 0.15) is 5.75 Å². The van der Waals surface area contributed by atoms with Crippen molar-refractivity contribution in [2.75, 3.05) is 14.2 Å². The molecule has 1 aromatic carbocycles. The zero-order valence-electron chi connectivity index (χ0n) is 15.3. The van der Waals surface area contributed by atoms with Gasteiger partial charge in [0.25, 0.3) is 11.8 Å². The number of hydrogen-bond donors (Lipinski definition) is 0. The first-order chi connectivity index (χ1) is 12.6. The third-order valence-electron chi connectivity index (χ3n) is 5.84. The van der Waals surface area contributed by atoms with Gasteiger partial charge in [-0.1, -0.05) is 37.5 Å². The molecule has 4 heterocycles. The van der Waals surface area contributed by atoms with E-state index in [9.17, 15) is 14.9 Å². The number of halogens is 1. The molecule has 142 valence electrons. The zero-order chi connectivity index (χ0) is 19.8. The molecule has 27 heavy (non-hydrogen) atoms. The Morgan fingerprint density at radius 1 is 1.30 bits per heavy atom. The molecule has 4 aliphatic heterocycles. The highest BCUT2D eigenvalue weighted by molar-refractivity contribution is 9.10. The van der Waals surface area contributed by atoms with Crippen molar-refractivity contribution in [3.05, 3.63) is 28.2 Å². The summed E-state index contributed by atoms with van der Waals surface area (Å²) in [5.74, 6) is 0.338. The third kappa shape index (κ3) is 2.21. The van der Waals surface area contributed by atoms with Gasteiger partial charge in [0.2, 0.25) is 0 Å². The van der Waals surface area contributed by atoms with Crippen LogP contribution in [0.1, 0.15) is 31.9 Å². The Balaban J connectivity index is 1.98. The number of piperazine rings is 1. The van der Waals surface area contributed by atoms with E-state index in [2.05, 4.69) is 22.0 Å². The molecule has 4 fully saturated rings. The Labute approximate surface area is 174 Å². The second-order valence-electron chi connectivity index (χ2n) is 7.47. The number of carbonyl (C=O) groups excluding carboxylic acids is 2. The van der Waals surface area contributed by atoms with Crippen molar-refractivity contribution in [1.29, 1.82) is 5.26 Å². The average molecular weight is 468 g/mol. The number of benzene rings is 1. The van der Waals surface area contributed by atoms with Crippen molar-refractivity contribution >= 4 is 49.3 Å². The summed E-state index contributed by atoms with van der Waals surface area (Å²) in [6, 6.07) is 7.37. The van der Waals surface area contributed by atoms with Crippen molar-refractivity contribution in [2.24, 2.45) is 5.41 Å². The zero-order valence-corrected chi connectivity index (χ0v) is 18.5. The summed E-state index contributed by atoms with van der Waals surface area (Å²) in [6.45, 7) is 3.59. The molecule has 9 heteroatoms. The van der Waals surface area contributed by atoms with Crippen LogP contribution in [-0.2, 0) is 9.59 Å². The summed E-state index contributed by atoms with van der Waals surface area (Å²) < 4.78 is 6.37. The number of carbonyl (C=O) groups is 2. The molecule has 4 saturated heterocycles. The lowest BCUT2D eigenvalue weighted by Gasteiger charge is -2.57. The fourth-order valence-corrected chi connectivity index (χ4v) is 8.26. The van der Waals surface area contributed by atoms with E-state index in [1.807, 2.05) is 25.1 Å². The summed E-state index contributed by atoms with van der Waals surface area (Å²) in [7, 11) is 6.05. The lowest BCUT2D eigenvalue weighted by atomic mass is 9.79. The Bertz CT molecular complexity index is 922. The summed E-state index contributed by atoms with van der Waals surface area (Å²) in [5.41, 5.74) is -0.193. The molecule has 1 aromatic rings. The molecule has 4 atom stereocenters. The maximum absolute atomic E-state index is 13.5. The van der Waals surface area contributed by atoms with Crippen LogP contribution in [0.15, 0.2) is 22.7 Å². The van der Waals surface area contributed by atoms with Gasteiger partial charge < -0.3 is 14.5 Å². The van der Waals surface area contributed by atoms with Crippen molar-refractivity contribution in [3.8, 4) is 11.8 Å². The van der Waals surface area contributed by atoms with E-state index in [0.29, 0.717) is 5.75 Å². The average Bonchev–Trinajstić information content (AvgIpc) is 2.93. The van der Waals surface area contributed by atoms with Crippen molar-refractivity contribution in [2.45, 2.75) is 36.1 Å². The maximum atomic E-state index is 13.5. The number of hydrogen-bond acceptors (Lipinski definition) is 6. The molecule has 3 unspecified atom stereocenters. The minimum absolute atomic E-state index is 0.119. The number of likely N-dealkylation sites (N-methyl/N-ethyl adjacent to an activating group) is 1. The van der Waals surface area contributed by atoms with Gasteiger partial charge >= 0.3 is 0 Å². The highest BCUT2D eigenvalue weighted by Crippen LogP contribution is 2.69. The number of nitriles is 1. The lowest BCUT2D eigenvalue weighted by Crippen LogP contribution is -2.73. The van der Waals surface area contributed by atoms with Crippen LogP contribution in [0.5, 0.6) is 5.75 Å². The van der Waals surface area contributed by atoms with Crippen molar-refractivity contribution < 1.29 is 14.3 Å². The molecule has 1 spiro atoms. The van der Waals surface area contributed by atoms with Gasteiger partial charge in [-0.3, -0.25) is 9.59 Å². The van der Waals surface area contributed by atoms with Gasteiger partial charge in [0, 0.05) is 23.5 Å². The first kappa shape index (κ1) is 19.0. The molecule has 5 rings (SSSR count). The first-order valence-electron chi connectivity index (χ1n) is 8.38. The summed E-state index contributed by atoms with van der Waals surface area (Å²) in [5, 5.41) is 10.1. The largest absolute Gasteiger partial charge is 0.496 e. The van der Waals surface area contributed by atoms with Crippen LogP contribution in [0.3, 0.4) is 0 Å². The quantitative estimate of drug-likeness (QED) is 0.619. The lowest BCUT2D eigenvalue weighted by molar-refractivity contribution is -0.164. The second-order valence-corrected chi connectivity index (χ2v) is 11.2. The predicted octanol–water partition coefficient (Wildman–Crippen LogP) is 3.54. The van der Waals surface area contributed by atoms with E-state index in [4.69, 9.17) is 4.74 Å². The van der Waals surface area contributed by atoms with Crippen LogP contribution in [0.25, 0.3) is 0 Å². The highest BCUT2D eigenvalue weighted by Gasteiger charge is 2.75. The van der Waals surface area contributed by atoms with Crippen LogP contribution in [0, 0.1) is 16.7 Å². The van der Waals surface area contributed by atoms with Gasteiger partial charge in [-0.2, -0.15) is 5.26 Å². The number of amides is 2. The minimum Gasteiger partial charge on any atom is -0.496 e. The Morgan fingerprint density at radius 2 is 2.00 bits per heavy atom. The topological polar surface area (TPSA) is 73.6 Å². The molecule has 2 amide bonds. The standard InChI is InChI=1S/C18H18BrN3O3S2/c1-16(9-20)8-18-15(24)21(3)17(2,26-27-18)14(23)22(18)13(16)11-7-10(19)5-6-12(11)25-4/h5-7,13H,8H2,1-4H3/t13?,16-,17?,18?/m1/s1. The van der Waals surface area contributed by atoms with Gasteiger partial charge in [-0.15, -0.1) is 0 Å². The number of rotatable bonds is 2. The molecule has 0 N–H and O–H groups in total. The number of methoxy groups -OCH3 is 1. The maximum Gasteiger partial charge on any atom is 0.261 e. The van der Waals surface area contributed by atoms with Crippen molar-refractivity contribution in [3.63, 3.8) is 0 Å². The molecular formula is C18H18BrN3O3S2. The smallest absolute Gasteiger partial charge is 0.261 e. The Morgan fingerprint density at radius 3 is 2.63 bits per heavy atom. The molecule has 0 aliphatic carbocycles. The van der Waals surface area contributed by atoms with Crippen LogP contribution in [0.2, 0.25) is 0 Å². The van der Waals surface area contributed by atoms with E-state index in [1.165, 1.54) is 26.5 Å². The monoisotopic (exact) mass is 467 g/mol. The van der Waals surface area contributed by atoms with E-state index < -0.39 is 21.2 Å². The molecule has 6 nitrogen and oxygen atoms in total. The normalized spacial score (nSPS) is 37.4. The second kappa shape index (κ2) is 5.82. The fraction of sp³-hybridized carbons (Fsp3) is 0.500. The third-order valence-corrected chi connectivity index (χ3v) is 10.0. The van der Waals surface area contributed by atoms with Gasteiger partial charge in [-0.05, 0) is 32.0 Å². The first-order valence-corrected chi connectivity index (χ1v) is 11.3. The van der Waals surface area contributed by atoms with Crippen LogP contribution in [-0.4, -0.2) is 45.5 Å². The summed E-state index contributed by atoms with van der Waals surface area (Å²) in [4.78, 5) is 28.0. The molecular weight excluding hydrogens is 450 g/mol. The van der Waals surface area contributed by atoms with Gasteiger partial charge in [0.15, 0.2) is 9.74 Å². The highest BCUT2D eigenvalue weighted by atomic mass is 79.9. The Kier molecular flexibility index (Phi) is 4.09. The Hall–Kier alpha value is -1.37. The number of ether oxygens (including phenoxy) is 1. The van der Waals surface area contributed by atoms with E-state index >= 15 is 0 Å². The molecule has 2 bridgehead atoms. The van der Waals surface area contributed by atoms with E-state index in [0.717, 1.165) is 10.0 Å². The minimum atomic E-state index is -1.07. The molecule has 0 radical (unpaired) electrons. The van der Waals surface area contributed by atoms with Crippen LogP contribution >= 0.6 is 37.5 Å². The van der Waals surface area contributed by atoms with Crippen LogP contribution < -0.4 is 4.74 Å². The SMILES string of the molecule is COc1ccc(Br)cc1C1N2C(=O)C3(C)SSC2(C[C@]1(C)C#N)C(=O)N3C. The van der Waals surface area contributed by atoms with Crippen molar-refractivity contribution in [1.82, 2.24) is 9.80 Å². The molecule has 0 saturated carbocycles. The fourth-order valence-electron chi connectivity index (χ4n) is 4.30.